The number of rotatable bonds is 2. The Morgan fingerprint density at radius 2 is 2.00 bits per heavy atom. The first-order valence-corrected chi connectivity index (χ1v) is 9.24. The third kappa shape index (κ3) is 3.37. The maximum Gasteiger partial charge on any atom is 0.433 e. The van der Waals surface area contributed by atoms with Gasteiger partial charge >= 0.3 is 6.18 Å². The lowest BCUT2D eigenvalue weighted by molar-refractivity contribution is -0.141. The van der Waals surface area contributed by atoms with Crippen LogP contribution in [0, 0.1) is 6.92 Å². The quantitative estimate of drug-likeness (QED) is 0.807. The van der Waals surface area contributed by atoms with Crippen molar-refractivity contribution in [2.24, 2.45) is 0 Å². The molecule has 0 spiro atoms. The minimum Gasteiger partial charge on any atom is -0.338 e. The Morgan fingerprint density at radius 3 is 2.72 bits per heavy atom. The van der Waals surface area contributed by atoms with E-state index in [2.05, 4.69) is 14.9 Å². The highest BCUT2D eigenvalue weighted by molar-refractivity contribution is 7.15. The summed E-state index contributed by atoms with van der Waals surface area (Å²) in [5.41, 5.74) is -0.517. The van der Waals surface area contributed by atoms with Gasteiger partial charge < -0.3 is 4.90 Å². The Kier molecular flexibility index (Phi) is 4.19. The van der Waals surface area contributed by atoms with E-state index in [1.165, 1.54) is 11.3 Å². The van der Waals surface area contributed by atoms with Crippen LogP contribution in [0.1, 0.15) is 23.4 Å². The van der Waals surface area contributed by atoms with Crippen molar-refractivity contribution in [3.8, 4) is 10.6 Å². The molecular formula is C17H19F3N4S. The fraction of sp³-hybridized carbons (Fsp3) is 0.529. The molecule has 4 rings (SSSR count). The first kappa shape index (κ1) is 16.8. The first-order chi connectivity index (χ1) is 11.9. The lowest BCUT2D eigenvalue weighted by Crippen LogP contribution is -2.50. The molecule has 25 heavy (non-hydrogen) atoms. The minimum absolute atomic E-state index is 0.197. The predicted molar refractivity (Wildman–Crippen MR) is 91.9 cm³/mol. The molecule has 2 fully saturated rings. The highest BCUT2D eigenvalue weighted by atomic mass is 32.1. The second kappa shape index (κ2) is 6.25. The summed E-state index contributed by atoms with van der Waals surface area (Å²) in [6.45, 7) is 5.24. The van der Waals surface area contributed by atoms with Crippen molar-refractivity contribution in [1.82, 2.24) is 14.9 Å². The van der Waals surface area contributed by atoms with E-state index in [-0.39, 0.29) is 5.95 Å². The van der Waals surface area contributed by atoms with Crippen molar-refractivity contribution in [3.63, 3.8) is 0 Å². The number of alkyl halides is 3. The maximum absolute atomic E-state index is 13.3. The van der Waals surface area contributed by atoms with Gasteiger partial charge in [-0.3, -0.25) is 4.90 Å². The lowest BCUT2D eigenvalue weighted by Gasteiger charge is -2.37. The molecule has 0 N–H and O–H groups in total. The molecule has 0 amide bonds. The van der Waals surface area contributed by atoms with Gasteiger partial charge in [-0.15, -0.1) is 11.3 Å². The summed E-state index contributed by atoms with van der Waals surface area (Å²) >= 11 is 1.45. The Bertz CT molecular complexity index is 773. The number of hydrogen-bond acceptors (Lipinski definition) is 5. The maximum atomic E-state index is 13.3. The van der Waals surface area contributed by atoms with Crippen LogP contribution in [-0.2, 0) is 6.18 Å². The molecule has 0 aliphatic carbocycles. The number of aromatic nitrogens is 2. The van der Waals surface area contributed by atoms with Crippen molar-refractivity contribution < 1.29 is 13.2 Å². The fourth-order valence-corrected chi connectivity index (χ4v) is 4.42. The number of fused-ring (bicyclic) bond motifs is 1. The van der Waals surface area contributed by atoms with E-state index < -0.39 is 11.9 Å². The van der Waals surface area contributed by atoms with Crippen molar-refractivity contribution >= 4 is 17.3 Å². The lowest BCUT2D eigenvalue weighted by atomic mass is 10.1. The zero-order chi connectivity index (χ0) is 17.6. The average molecular weight is 368 g/mol. The van der Waals surface area contributed by atoms with Crippen molar-refractivity contribution in [1.29, 1.82) is 0 Å². The van der Waals surface area contributed by atoms with Gasteiger partial charge in [0.15, 0.2) is 5.69 Å². The third-order valence-electron chi connectivity index (χ3n) is 4.87. The van der Waals surface area contributed by atoms with Gasteiger partial charge in [-0.2, -0.15) is 13.2 Å². The van der Waals surface area contributed by atoms with Gasteiger partial charge in [-0.05, 0) is 44.5 Å². The van der Waals surface area contributed by atoms with E-state index in [9.17, 15) is 13.2 Å². The van der Waals surface area contributed by atoms with E-state index in [4.69, 9.17) is 0 Å². The van der Waals surface area contributed by atoms with E-state index in [0.717, 1.165) is 41.8 Å². The first-order valence-electron chi connectivity index (χ1n) is 8.42. The molecule has 4 nitrogen and oxygen atoms in total. The van der Waals surface area contributed by atoms with E-state index in [0.29, 0.717) is 24.8 Å². The monoisotopic (exact) mass is 368 g/mol. The molecule has 2 aliphatic rings. The standard InChI is InChI=1S/C17H19F3N4S/c1-11-4-5-14(25-11)13-9-15(17(18,19)20)22-16(21-13)24-8-7-23-6-2-3-12(23)10-24/h4-5,9,12H,2-3,6-8,10H2,1H3/t12-/m0/s1. The number of nitrogens with zero attached hydrogens (tertiary/aromatic N) is 4. The van der Waals surface area contributed by atoms with Crippen LogP contribution in [0.2, 0.25) is 0 Å². The Morgan fingerprint density at radius 1 is 1.16 bits per heavy atom. The number of halogens is 3. The molecular weight excluding hydrogens is 349 g/mol. The fourth-order valence-electron chi connectivity index (χ4n) is 3.59. The molecule has 2 aliphatic heterocycles. The number of anilines is 1. The van der Waals surface area contributed by atoms with Crippen LogP contribution in [0.3, 0.4) is 0 Å². The highest BCUT2D eigenvalue weighted by Crippen LogP contribution is 2.34. The second-order valence-corrected chi connectivity index (χ2v) is 7.91. The number of thiophene rings is 1. The van der Waals surface area contributed by atoms with Gasteiger partial charge in [0.05, 0.1) is 10.6 Å². The van der Waals surface area contributed by atoms with Crippen LogP contribution < -0.4 is 4.90 Å². The molecule has 1 atom stereocenters. The summed E-state index contributed by atoms with van der Waals surface area (Å²) in [6.07, 6.45) is -2.23. The van der Waals surface area contributed by atoms with Crippen molar-refractivity contribution in [2.45, 2.75) is 32.0 Å². The summed E-state index contributed by atoms with van der Waals surface area (Å²) in [5.74, 6) is 0.197. The summed E-state index contributed by atoms with van der Waals surface area (Å²) in [7, 11) is 0. The Hall–Kier alpha value is -1.67. The van der Waals surface area contributed by atoms with Crippen molar-refractivity contribution in [2.75, 3.05) is 31.1 Å². The minimum atomic E-state index is -4.48. The molecule has 0 radical (unpaired) electrons. The van der Waals surface area contributed by atoms with E-state index >= 15 is 0 Å². The van der Waals surface area contributed by atoms with Crippen LogP contribution in [0.4, 0.5) is 19.1 Å². The van der Waals surface area contributed by atoms with Gasteiger partial charge in [0.25, 0.3) is 0 Å². The summed E-state index contributed by atoms with van der Waals surface area (Å²) in [6, 6.07) is 5.17. The van der Waals surface area contributed by atoms with Gasteiger partial charge in [0, 0.05) is 30.6 Å². The molecule has 2 saturated heterocycles. The number of aryl methyl sites for hydroxylation is 1. The molecule has 8 heteroatoms. The van der Waals surface area contributed by atoms with Gasteiger partial charge in [0.1, 0.15) is 0 Å². The van der Waals surface area contributed by atoms with Gasteiger partial charge in [-0.25, -0.2) is 9.97 Å². The average Bonchev–Trinajstić information content (AvgIpc) is 3.21. The Balaban J connectivity index is 1.71. The Labute approximate surface area is 148 Å². The van der Waals surface area contributed by atoms with Crippen LogP contribution in [-0.4, -0.2) is 47.1 Å². The third-order valence-corrected chi connectivity index (χ3v) is 5.89. The summed E-state index contributed by atoms with van der Waals surface area (Å²) in [4.78, 5) is 14.4. The highest BCUT2D eigenvalue weighted by Gasteiger charge is 2.36. The normalized spacial score (nSPS) is 21.6. The zero-order valence-corrected chi connectivity index (χ0v) is 14.7. The molecule has 134 valence electrons. The number of hydrogen-bond donors (Lipinski definition) is 0. The topological polar surface area (TPSA) is 32.3 Å². The molecule has 0 aromatic carbocycles. The van der Waals surface area contributed by atoms with Crippen LogP contribution in [0.25, 0.3) is 10.6 Å². The molecule has 0 unspecified atom stereocenters. The molecule has 2 aromatic rings. The molecule has 0 saturated carbocycles. The number of piperazine rings is 1. The van der Waals surface area contributed by atoms with Crippen LogP contribution >= 0.6 is 11.3 Å². The second-order valence-electron chi connectivity index (χ2n) is 6.62. The smallest absolute Gasteiger partial charge is 0.338 e. The zero-order valence-electron chi connectivity index (χ0n) is 13.9. The van der Waals surface area contributed by atoms with E-state index in [1.54, 1.807) is 0 Å². The van der Waals surface area contributed by atoms with Gasteiger partial charge in [-0.1, -0.05) is 0 Å². The SMILES string of the molecule is Cc1ccc(-c2cc(C(F)(F)F)nc(N3CCN4CCC[C@H]4C3)n2)s1. The molecule has 4 heterocycles. The van der Waals surface area contributed by atoms with Gasteiger partial charge in [0.2, 0.25) is 5.95 Å². The molecule has 0 bridgehead atoms. The van der Waals surface area contributed by atoms with Crippen LogP contribution in [0.5, 0.6) is 0 Å². The predicted octanol–water partition coefficient (Wildman–Crippen LogP) is 3.82. The van der Waals surface area contributed by atoms with Crippen molar-refractivity contribution in [3.05, 3.63) is 28.8 Å². The summed E-state index contributed by atoms with van der Waals surface area (Å²) < 4.78 is 40.0. The van der Waals surface area contributed by atoms with E-state index in [1.807, 2.05) is 24.0 Å². The van der Waals surface area contributed by atoms with Crippen LogP contribution in [0.15, 0.2) is 18.2 Å². The molecule has 2 aromatic heterocycles. The largest absolute Gasteiger partial charge is 0.433 e. The summed E-state index contributed by atoms with van der Waals surface area (Å²) in [5, 5.41) is 0.